The van der Waals surface area contributed by atoms with Crippen molar-refractivity contribution in [3.8, 4) is 0 Å². The lowest BCUT2D eigenvalue weighted by molar-refractivity contribution is -0.233. The number of ether oxygens (including phenoxy) is 3. The van der Waals surface area contributed by atoms with Gasteiger partial charge in [0.1, 0.15) is 5.92 Å². The van der Waals surface area contributed by atoms with Crippen LogP contribution < -0.4 is 0 Å². The molecule has 0 heterocycles. The standard InChI is InChI=1S/C12H20O8/c1-4-18-9(13)7-8(10(14)19-5-2)12(16,17)11(15)20-6-3/h8,16-17H,4-7H2,1-3H3. The molecule has 0 aromatic carbocycles. The van der Waals surface area contributed by atoms with E-state index >= 15 is 0 Å². The van der Waals surface area contributed by atoms with Crippen molar-refractivity contribution in [2.45, 2.75) is 33.0 Å². The molecule has 0 aliphatic rings. The van der Waals surface area contributed by atoms with Gasteiger partial charge in [0, 0.05) is 0 Å². The third-order valence-corrected chi connectivity index (χ3v) is 2.31. The lowest BCUT2D eigenvalue weighted by Crippen LogP contribution is -2.51. The van der Waals surface area contributed by atoms with Crippen LogP contribution in [0, 0.1) is 5.92 Å². The molecule has 0 aromatic rings. The van der Waals surface area contributed by atoms with Crippen LogP contribution in [0.4, 0.5) is 0 Å². The van der Waals surface area contributed by atoms with Crippen LogP contribution >= 0.6 is 0 Å². The van der Waals surface area contributed by atoms with E-state index in [1.165, 1.54) is 13.8 Å². The first-order valence-corrected chi connectivity index (χ1v) is 6.25. The lowest BCUT2D eigenvalue weighted by Gasteiger charge is -2.26. The normalized spacial score (nSPS) is 12.4. The van der Waals surface area contributed by atoms with Crippen LogP contribution in [-0.2, 0) is 28.6 Å². The van der Waals surface area contributed by atoms with E-state index in [1.807, 2.05) is 0 Å². The van der Waals surface area contributed by atoms with Gasteiger partial charge in [-0.05, 0) is 20.8 Å². The van der Waals surface area contributed by atoms with Crippen LogP contribution in [0.1, 0.15) is 27.2 Å². The Balaban J connectivity index is 5.13. The Bertz CT molecular complexity index is 349. The molecule has 1 atom stereocenters. The molecule has 116 valence electrons. The summed E-state index contributed by atoms with van der Waals surface area (Å²) < 4.78 is 13.7. The van der Waals surface area contributed by atoms with Gasteiger partial charge in [-0.2, -0.15) is 0 Å². The molecular weight excluding hydrogens is 272 g/mol. The van der Waals surface area contributed by atoms with Crippen LogP contribution in [0.25, 0.3) is 0 Å². The number of carbonyl (C=O) groups is 3. The summed E-state index contributed by atoms with van der Waals surface area (Å²) in [6.07, 6.45) is -0.710. The monoisotopic (exact) mass is 292 g/mol. The molecule has 0 radical (unpaired) electrons. The molecule has 0 aliphatic heterocycles. The Hall–Kier alpha value is -1.67. The van der Waals surface area contributed by atoms with Crippen LogP contribution in [-0.4, -0.2) is 53.7 Å². The number of rotatable bonds is 8. The van der Waals surface area contributed by atoms with E-state index in [0.717, 1.165) is 0 Å². The van der Waals surface area contributed by atoms with Crippen molar-refractivity contribution >= 4 is 17.9 Å². The van der Waals surface area contributed by atoms with Crippen molar-refractivity contribution in [2.24, 2.45) is 5.92 Å². The van der Waals surface area contributed by atoms with Crippen LogP contribution in [0.3, 0.4) is 0 Å². The first-order chi connectivity index (χ1) is 9.31. The van der Waals surface area contributed by atoms with Gasteiger partial charge in [-0.1, -0.05) is 0 Å². The topological polar surface area (TPSA) is 119 Å². The van der Waals surface area contributed by atoms with Crippen molar-refractivity contribution in [3.63, 3.8) is 0 Å². The van der Waals surface area contributed by atoms with E-state index in [2.05, 4.69) is 14.2 Å². The molecule has 2 N–H and O–H groups in total. The summed E-state index contributed by atoms with van der Waals surface area (Å²) in [6, 6.07) is 0. The van der Waals surface area contributed by atoms with Crippen LogP contribution in [0.15, 0.2) is 0 Å². The van der Waals surface area contributed by atoms with Gasteiger partial charge in [0.25, 0.3) is 5.79 Å². The summed E-state index contributed by atoms with van der Waals surface area (Å²) in [5, 5.41) is 19.5. The number of esters is 3. The van der Waals surface area contributed by atoms with Gasteiger partial charge in [0.2, 0.25) is 0 Å². The Morgan fingerprint density at radius 2 is 1.45 bits per heavy atom. The number of carbonyl (C=O) groups excluding carboxylic acids is 3. The number of hydrogen-bond acceptors (Lipinski definition) is 8. The third-order valence-electron chi connectivity index (χ3n) is 2.31. The highest BCUT2D eigenvalue weighted by molar-refractivity contribution is 5.88. The zero-order chi connectivity index (χ0) is 15.8. The fraction of sp³-hybridized carbons (Fsp3) is 0.750. The molecule has 0 spiro atoms. The van der Waals surface area contributed by atoms with E-state index in [0.29, 0.717) is 0 Å². The highest BCUT2D eigenvalue weighted by Gasteiger charge is 2.50. The van der Waals surface area contributed by atoms with Crippen molar-refractivity contribution < 1.29 is 38.8 Å². The van der Waals surface area contributed by atoms with Gasteiger partial charge < -0.3 is 24.4 Å². The molecule has 8 nitrogen and oxygen atoms in total. The summed E-state index contributed by atoms with van der Waals surface area (Å²) in [6.45, 7) is 4.40. The van der Waals surface area contributed by atoms with E-state index in [1.54, 1.807) is 6.92 Å². The zero-order valence-electron chi connectivity index (χ0n) is 11.7. The summed E-state index contributed by atoms with van der Waals surface area (Å²) >= 11 is 0. The average molecular weight is 292 g/mol. The largest absolute Gasteiger partial charge is 0.466 e. The predicted octanol–water partition coefficient (Wildman–Crippen LogP) is -0.637. The second-order valence-electron chi connectivity index (χ2n) is 3.76. The number of aliphatic hydroxyl groups is 2. The molecular formula is C12H20O8. The Kier molecular flexibility index (Phi) is 7.78. The maximum absolute atomic E-state index is 11.7. The molecule has 0 saturated heterocycles. The van der Waals surface area contributed by atoms with Crippen molar-refractivity contribution in [3.05, 3.63) is 0 Å². The second-order valence-corrected chi connectivity index (χ2v) is 3.76. The smallest absolute Gasteiger partial charge is 0.367 e. The highest BCUT2D eigenvalue weighted by atomic mass is 16.6. The van der Waals surface area contributed by atoms with Gasteiger partial charge in [0.05, 0.1) is 26.2 Å². The molecule has 0 bridgehead atoms. The minimum Gasteiger partial charge on any atom is -0.466 e. The fourth-order valence-electron chi connectivity index (χ4n) is 1.40. The molecule has 8 heteroatoms. The Labute approximate surface area is 116 Å². The minimum atomic E-state index is -3.16. The zero-order valence-corrected chi connectivity index (χ0v) is 11.7. The summed E-state index contributed by atoms with van der Waals surface area (Å²) in [7, 11) is 0. The quantitative estimate of drug-likeness (QED) is 0.344. The molecule has 0 rings (SSSR count). The maximum atomic E-state index is 11.7. The summed E-state index contributed by atoms with van der Waals surface area (Å²) in [5.41, 5.74) is 0. The molecule has 0 aliphatic carbocycles. The van der Waals surface area contributed by atoms with Gasteiger partial charge in [-0.3, -0.25) is 9.59 Å². The Morgan fingerprint density at radius 3 is 1.90 bits per heavy atom. The SMILES string of the molecule is CCOC(=O)CC(C(=O)OCC)C(O)(O)C(=O)OCC. The van der Waals surface area contributed by atoms with Crippen LogP contribution in [0.5, 0.6) is 0 Å². The first-order valence-electron chi connectivity index (χ1n) is 6.25. The van der Waals surface area contributed by atoms with E-state index in [4.69, 9.17) is 0 Å². The molecule has 0 saturated carbocycles. The first kappa shape index (κ1) is 18.3. The predicted molar refractivity (Wildman–Crippen MR) is 65.2 cm³/mol. The van der Waals surface area contributed by atoms with E-state index < -0.39 is 36.0 Å². The second kappa shape index (κ2) is 8.49. The number of hydrogen-bond donors (Lipinski definition) is 2. The van der Waals surface area contributed by atoms with Gasteiger partial charge in [-0.15, -0.1) is 0 Å². The summed E-state index contributed by atoms with van der Waals surface area (Å²) in [5.74, 6) is -8.36. The molecule has 1 unspecified atom stereocenters. The summed E-state index contributed by atoms with van der Waals surface area (Å²) in [4.78, 5) is 34.5. The van der Waals surface area contributed by atoms with Crippen molar-refractivity contribution in [1.29, 1.82) is 0 Å². The minimum absolute atomic E-state index is 0.0446. The molecule has 0 amide bonds. The average Bonchev–Trinajstić information content (AvgIpc) is 2.36. The third kappa shape index (κ3) is 5.14. The van der Waals surface area contributed by atoms with Crippen molar-refractivity contribution in [2.75, 3.05) is 19.8 Å². The van der Waals surface area contributed by atoms with Gasteiger partial charge >= 0.3 is 17.9 Å². The lowest BCUT2D eigenvalue weighted by atomic mass is 9.95. The van der Waals surface area contributed by atoms with E-state index in [9.17, 15) is 24.6 Å². The maximum Gasteiger partial charge on any atom is 0.367 e. The Morgan fingerprint density at radius 1 is 0.950 bits per heavy atom. The fourth-order valence-corrected chi connectivity index (χ4v) is 1.40. The highest BCUT2D eigenvalue weighted by Crippen LogP contribution is 2.22. The molecule has 0 fully saturated rings. The van der Waals surface area contributed by atoms with Crippen molar-refractivity contribution in [1.82, 2.24) is 0 Å². The van der Waals surface area contributed by atoms with E-state index in [-0.39, 0.29) is 19.8 Å². The van der Waals surface area contributed by atoms with Crippen LogP contribution in [0.2, 0.25) is 0 Å². The molecule has 0 aromatic heterocycles. The van der Waals surface area contributed by atoms with Gasteiger partial charge in [0.15, 0.2) is 0 Å². The molecule has 20 heavy (non-hydrogen) atoms. The van der Waals surface area contributed by atoms with Gasteiger partial charge in [-0.25, -0.2) is 4.79 Å².